The molecule has 0 spiro atoms. The standard InChI is InChI=1S/C25H29F2N/c26-24-16-15-23(18-25(24)27)22-13-11-21(12-14-22)10-9-20-7-5-19(6-8-20)4-2-1-3-17-28/h1-4,9-10,15-16,18-22H,5-8,11-14H2. The molecule has 2 aliphatic rings. The van der Waals surface area contributed by atoms with Crippen molar-refractivity contribution in [2.75, 3.05) is 0 Å². The molecule has 1 nitrogen and oxygen atoms in total. The van der Waals surface area contributed by atoms with Crippen LogP contribution in [0.2, 0.25) is 0 Å². The zero-order chi connectivity index (χ0) is 19.8. The first kappa shape index (κ1) is 20.5. The lowest BCUT2D eigenvalue weighted by molar-refractivity contribution is 0.348. The predicted octanol–water partition coefficient (Wildman–Crippen LogP) is 7.24. The average molecular weight is 382 g/mol. The number of halogens is 2. The van der Waals surface area contributed by atoms with Crippen LogP contribution >= 0.6 is 0 Å². The van der Waals surface area contributed by atoms with E-state index in [1.807, 2.05) is 18.2 Å². The van der Waals surface area contributed by atoms with Gasteiger partial charge in [0.2, 0.25) is 0 Å². The van der Waals surface area contributed by atoms with Crippen LogP contribution in [0, 0.1) is 40.7 Å². The molecule has 0 bridgehead atoms. The van der Waals surface area contributed by atoms with Crippen molar-refractivity contribution >= 4 is 0 Å². The fraction of sp³-hybridized carbons (Fsp3) is 0.480. The Bertz CT molecular complexity index is 755. The van der Waals surface area contributed by atoms with Gasteiger partial charge in [-0.3, -0.25) is 0 Å². The highest BCUT2D eigenvalue weighted by Gasteiger charge is 2.23. The van der Waals surface area contributed by atoms with Gasteiger partial charge in [0.15, 0.2) is 11.6 Å². The van der Waals surface area contributed by atoms with Gasteiger partial charge in [0.25, 0.3) is 0 Å². The largest absolute Gasteiger partial charge is 0.204 e. The normalized spacial score (nSPS) is 28.9. The van der Waals surface area contributed by atoms with Gasteiger partial charge in [0.1, 0.15) is 0 Å². The molecule has 0 atom stereocenters. The summed E-state index contributed by atoms with van der Waals surface area (Å²) in [5, 5.41) is 8.49. The van der Waals surface area contributed by atoms with Crippen LogP contribution in [0.4, 0.5) is 8.78 Å². The summed E-state index contributed by atoms with van der Waals surface area (Å²) in [7, 11) is 0. The van der Waals surface area contributed by atoms with Crippen LogP contribution in [0.3, 0.4) is 0 Å². The van der Waals surface area contributed by atoms with Crippen molar-refractivity contribution in [1.29, 1.82) is 5.26 Å². The monoisotopic (exact) mass is 381 g/mol. The van der Waals surface area contributed by atoms with Gasteiger partial charge in [0.05, 0.1) is 6.07 Å². The number of rotatable bonds is 5. The lowest BCUT2D eigenvalue weighted by Crippen LogP contribution is -2.14. The lowest BCUT2D eigenvalue weighted by Gasteiger charge is -2.28. The van der Waals surface area contributed by atoms with E-state index in [2.05, 4.69) is 18.2 Å². The van der Waals surface area contributed by atoms with E-state index in [1.54, 1.807) is 6.07 Å². The summed E-state index contributed by atoms with van der Waals surface area (Å²) >= 11 is 0. The second-order valence-corrected chi connectivity index (χ2v) is 8.22. The van der Waals surface area contributed by atoms with E-state index in [0.29, 0.717) is 23.7 Å². The molecule has 2 fully saturated rings. The topological polar surface area (TPSA) is 23.8 Å². The van der Waals surface area contributed by atoms with E-state index in [4.69, 9.17) is 5.26 Å². The maximum atomic E-state index is 13.5. The van der Waals surface area contributed by atoms with Gasteiger partial charge in [-0.25, -0.2) is 8.78 Å². The van der Waals surface area contributed by atoms with Crippen molar-refractivity contribution < 1.29 is 8.78 Å². The van der Waals surface area contributed by atoms with E-state index in [9.17, 15) is 8.78 Å². The van der Waals surface area contributed by atoms with E-state index in [-0.39, 0.29) is 0 Å². The molecule has 0 heterocycles. The van der Waals surface area contributed by atoms with Crippen LogP contribution in [-0.4, -0.2) is 0 Å². The van der Waals surface area contributed by atoms with E-state index in [0.717, 1.165) is 31.2 Å². The second kappa shape index (κ2) is 10.4. The van der Waals surface area contributed by atoms with Crippen molar-refractivity contribution in [2.45, 2.75) is 57.3 Å². The summed E-state index contributed by atoms with van der Waals surface area (Å²) in [4.78, 5) is 0. The number of hydrogen-bond donors (Lipinski definition) is 0. The molecule has 1 aromatic rings. The minimum atomic E-state index is -0.760. The first-order valence-electron chi connectivity index (χ1n) is 10.5. The van der Waals surface area contributed by atoms with Crippen LogP contribution in [0.1, 0.15) is 62.8 Å². The molecule has 1 aromatic carbocycles. The Kier molecular flexibility index (Phi) is 7.60. The molecule has 0 aromatic heterocycles. The van der Waals surface area contributed by atoms with E-state index >= 15 is 0 Å². The Hall–Kier alpha value is -2.21. The minimum Gasteiger partial charge on any atom is -0.204 e. The minimum absolute atomic E-state index is 0.358. The molecular weight excluding hydrogens is 352 g/mol. The Morgan fingerprint density at radius 3 is 1.89 bits per heavy atom. The van der Waals surface area contributed by atoms with Gasteiger partial charge in [-0.1, -0.05) is 36.4 Å². The van der Waals surface area contributed by atoms with Crippen LogP contribution in [0.25, 0.3) is 0 Å². The summed E-state index contributed by atoms with van der Waals surface area (Å²) in [5.74, 6) is 0.811. The molecule has 0 saturated heterocycles. The molecule has 0 aliphatic heterocycles. The van der Waals surface area contributed by atoms with E-state index < -0.39 is 11.6 Å². The van der Waals surface area contributed by atoms with Gasteiger partial charge in [0, 0.05) is 6.08 Å². The third kappa shape index (κ3) is 5.89. The number of hydrogen-bond acceptors (Lipinski definition) is 1. The van der Waals surface area contributed by atoms with Crippen molar-refractivity contribution in [2.24, 2.45) is 17.8 Å². The van der Waals surface area contributed by atoms with Gasteiger partial charge in [-0.2, -0.15) is 5.26 Å². The quantitative estimate of drug-likeness (QED) is 0.300. The lowest BCUT2D eigenvalue weighted by atomic mass is 9.77. The molecule has 0 radical (unpaired) electrons. The SMILES string of the molecule is N#CC=CC=CC1CCC(C=CC2CCC(c3ccc(F)c(F)c3)CC2)CC1. The number of allylic oxidation sites excluding steroid dienone is 6. The summed E-state index contributed by atoms with van der Waals surface area (Å²) < 4.78 is 26.6. The summed E-state index contributed by atoms with van der Waals surface area (Å²) in [6.45, 7) is 0. The molecule has 0 N–H and O–H groups in total. The van der Waals surface area contributed by atoms with Crippen molar-refractivity contribution in [3.8, 4) is 6.07 Å². The molecular formula is C25H29F2N. The molecule has 3 rings (SSSR count). The van der Waals surface area contributed by atoms with Crippen LogP contribution < -0.4 is 0 Å². The zero-order valence-electron chi connectivity index (χ0n) is 16.4. The number of nitrogens with zero attached hydrogens (tertiary/aromatic N) is 1. The maximum absolute atomic E-state index is 13.5. The zero-order valence-corrected chi connectivity index (χ0v) is 16.4. The van der Waals surface area contributed by atoms with Crippen molar-refractivity contribution in [3.63, 3.8) is 0 Å². The second-order valence-electron chi connectivity index (χ2n) is 8.22. The number of nitriles is 1. The van der Waals surface area contributed by atoms with Gasteiger partial charge in [-0.15, -0.1) is 0 Å². The maximum Gasteiger partial charge on any atom is 0.159 e. The van der Waals surface area contributed by atoms with Crippen molar-refractivity contribution in [1.82, 2.24) is 0 Å². The Labute approximate surface area is 167 Å². The molecule has 2 aliphatic carbocycles. The predicted molar refractivity (Wildman–Crippen MR) is 110 cm³/mol. The van der Waals surface area contributed by atoms with Crippen molar-refractivity contribution in [3.05, 3.63) is 71.9 Å². The van der Waals surface area contributed by atoms with E-state index in [1.165, 1.54) is 43.9 Å². The van der Waals surface area contributed by atoms with Crippen LogP contribution in [0.15, 0.2) is 54.7 Å². The van der Waals surface area contributed by atoms with Crippen LogP contribution in [0.5, 0.6) is 0 Å². The first-order chi connectivity index (χ1) is 13.7. The van der Waals surface area contributed by atoms with Gasteiger partial charge >= 0.3 is 0 Å². The van der Waals surface area contributed by atoms with Gasteiger partial charge in [-0.05, 0) is 92.7 Å². The Balaban J connectivity index is 1.41. The summed E-state index contributed by atoms with van der Waals surface area (Å²) in [5.41, 5.74) is 0.942. The smallest absolute Gasteiger partial charge is 0.159 e. The fourth-order valence-electron chi connectivity index (χ4n) is 4.58. The summed E-state index contributed by atoms with van der Waals surface area (Å²) in [6, 6.07) is 6.37. The molecule has 3 heteroatoms. The molecule has 0 unspecified atom stereocenters. The fourth-order valence-corrected chi connectivity index (χ4v) is 4.58. The highest BCUT2D eigenvalue weighted by Crippen LogP contribution is 2.37. The molecule has 2 saturated carbocycles. The van der Waals surface area contributed by atoms with Crippen LogP contribution in [-0.2, 0) is 0 Å². The number of benzene rings is 1. The Morgan fingerprint density at radius 2 is 1.32 bits per heavy atom. The highest BCUT2D eigenvalue weighted by molar-refractivity contribution is 5.22. The Morgan fingerprint density at radius 1 is 0.750 bits per heavy atom. The first-order valence-corrected chi connectivity index (χ1v) is 10.5. The molecule has 148 valence electrons. The third-order valence-electron chi connectivity index (χ3n) is 6.32. The highest BCUT2D eigenvalue weighted by atomic mass is 19.2. The van der Waals surface area contributed by atoms with Gasteiger partial charge < -0.3 is 0 Å². The third-order valence-corrected chi connectivity index (χ3v) is 6.32. The average Bonchev–Trinajstić information content (AvgIpc) is 2.73. The molecule has 0 amide bonds. The molecule has 28 heavy (non-hydrogen) atoms. The summed E-state index contributed by atoms with van der Waals surface area (Å²) in [6.07, 6.45) is 21.6.